The Labute approximate surface area is 151 Å². The van der Waals surface area contributed by atoms with Gasteiger partial charge in [-0.15, -0.1) is 5.01 Å². The Morgan fingerprint density at radius 1 is 1.15 bits per heavy atom. The lowest BCUT2D eigenvalue weighted by atomic mass is 9.93. The second-order valence-corrected chi connectivity index (χ2v) is 6.34. The van der Waals surface area contributed by atoms with Gasteiger partial charge in [0.05, 0.1) is 17.8 Å². The molecule has 0 unspecified atom stereocenters. The highest BCUT2D eigenvalue weighted by molar-refractivity contribution is 6.07. The van der Waals surface area contributed by atoms with Gasteiger partial charge in [0, 0.05) is 0 Å². The van der Waals surface area contributed by atoms with Gasteiger partial charge in [0.2, 0.25) is 0 Å². The SMILES string of the molecule is C[C@]1(CCc2ccccc2)NC(=O)N(/N=C\c2ccc(C#N)cc2)C1=O. The van der Waals surface area contributed by atoms with E-state index >= 15 is 0 Å². The fraction of sp³-hybridized carbons (Fsp3) is 0.200. The van der Waals surface area contributed by atoms with Crippen molar-refractivity contribution in [2.24, 2.45) is 5.10 Å². The molecule has 3 rings (SSSR count). The van der Waals surface area contributed by atoms with E-state index < -0.39 is 11.6 Å². The molecule has 6 nitrogen and oxygen atoms in total. The third-order valence-corrected chi connectivity index (χ3v) is 4.36. The van der Waals surface area contributed by atoms with Crippen LogP contribution in [0.3, 0.4) is 0 Å². The molecule has 130 valence electrons. The van der Waals surface area contributed by atoms with E-state index in [1.807, 2.05) is 36.4 Å². The van der Waals surface area contributed by atoms with Crippen LogP contribution in [-0.2, 0) is 11.2 Å². The average molecular weight is 346 g/mol. The minimum absolute atomic E-state index is 0.372. The quantitative estimate of drug-likeness (QED) is 0.667. The number of amides is 3. The Morgan fingerprint density at radius 3 is 2.50 bits per heavy atom. The number of carbonyl (C=O) groups is 2. The van der Waals surface area contributed by atoms with Gasteiger partial charge in [-0.25, -0.2) is 4.79 Å². The Morgan fingerprint density at radius 2 is 1.85 bits per heavy atom. The molecule has 0 aromatic heterocycles. The minimum atomic E-state index is -0.977. The molecule has 0 spiro atoms. The lowest BCUT2D eigenvalue weighted by Gasteiger charge is -2.20. The predicted octanol–water partition coefficient (Wildman–Crippen LogP) is 2.84. The first-order valence-electron chi connectivity index (χ1n) is 8.27. The maximum absolute atomic E-state index is 12.7. The summed E-state index contributed by atoms with van der Waals surface area (Å²) in [5.41, 5.74) is 1.36. The van der Waals surface area contributed by atoms with E-state index in [4.69, 9.17) is 5.26 Å². The highest BCUT2D eigenvalue weighted by Crippen LogP contribution is 2.23. The highest BCUT2D eigenvalue weighted by atomic mass is 16.2. The maximum atomic E-state index is 12.7. The lowest BCUT2D eigenvalue weighted by Crippen LogP contribution is -2.44. The van der Waals surface area contributed by atoms with Gasteiger partial charge in [0.25, 0.3) is 5.91 Å². The van der Waals surface area contributed by atoms with Crippen molar-refractivity contribution in [1.29, 1.82) is 5.26 Å². The summed E-state index contributed by atoms with van der Waals surface area (Å²) >= 11 is 0. The van der Waals surface area contributed by atoms with Gasteiger partial charge in [0.1, 0.15) is 5.54 Å². The van der Waals surface area contributed by atoms with Gasteiger partial charge in [-0.05, 0) is 43.0 Å². The molecule has 2 aromatic carbocycles. The summed E-state index contributed by atoms with van der Waals surface area (Å²) in [6.45, 7) is 1.72. The monoisotopic (exact) mass is 346 g/mol. The number of rotatable bonds is 5. The molecular weight excluding hydrogens is 328 g/mol. The van der Waals surface area contributed by atoms with Crippen molar-refractivity contribution in [2.75, 3.05) is 0 Å². The van der Waals surface area contributed by atoms with Crippen LogP contribution in [0.4, 0.5) is 4.79 Å². The van der Waals surface area contributed by atoms with Gasteiger partial charge < -0.3 is 5.32 Å². The van der Waals surface area contributed by atoms with Crippen molar-refractivity contribution in [2.45, 2.75) is 25.3 Å². The summed E-state index contributed by atoms with van der Waals surface area (Å²) in [6, 6.07) is 18.0. The molecule has 1 atom stereocenters. The number of aryl methyl sites for hydroxylation is 1. The van der Waals surface area contributed by atoms with Crippen molar-refractivity contribution in [3.8, 4) is 6.07 Å². The summed E-state index contributed by atoms with van der Waals surface area (Å²) < 4.78 is 0. The Kier molecular flexibility index (Phi) is 4.81. The van der Waals surface area contributed by atoms with Crippen LogP contribution in [0, 0.1) is 11.3 Å². The van der Waals surface area contributed by atoms with Crippen LogP contribution in [0.2, 0.25) is 0 Å². The van der Waals surface area contributed by atoms with E-state index in [0.29, 0.717) is 24.0 Å². The molecular formula is C20H18N4O2. The van der Waals surface area contributed by atoms with Gasteiger partial charge in [-0.3, -0.25) is 4.79 Å². The predicted molar refractivity (Wildman–Crippen MR) is 97.3 cm³/mol. The highest BCUT2D eigenvalue weighted by Gasteiger charge is 2.47. The standard InChI is InChI=1S/C20H18N4O2/c1-20(12-11-15-5-3-2-4-6-15)18(25)24(19(26)23-20)22-14-17-9-7-16(13-21)8-10-17/h2-10,14H,11-12H2,1H3,(H,23,26)/b22-14-/t20-/m1/s1. The van der Waals surface area contributed by atoms with Gasteiger partial charge in [-0.2, -0.15) is 10.4 Å². The van der Waals surface area contributed by atoms with Crippen molar-refractivity contribution in [3.05, 3.63) is 71.3 Å². The Bertz CT molecular complexity index is 884. The number of hydrogen-bond donors (Lipinski definition) is 1. The molecule has 1 aliphatic heterocycles. The molecule has 0 aliphatic carbocycles. The number of nitrogens with zero attached hydrogens (tertiary/aromatic N) is 3. The molecule has 6 heteroatoms. The number of hydrazone groups is 1. The normalized spacial score (nSPS) is 19.6. The molecule has 1 N–H and O–H groups in total. The molecule has 1 aliphatic rings. The molecule has 26 heavy (non-hydrogen) atoms. The Balaban J connectivity index is 1.69. The number of benzene rings is 2. The number of hydrogen-bond acceptors (Lipinski definition) is 4. The first kappa shape index (κ1) is 17.4. The number of imide groups is 1. The van der Waals surface area contributed by atoms with Gasteiger partial charge in [0.15, 0.2) is 0 Å². The second-order valence-electron chi connectivity index (χ2n) is 6.34. The van der Waals surface area contributed by atoms with E-state index in [9.17, 15) is 9.59 Å². The third-order valence-electron chi connectivity index (χ3n) is 4.36. The molecule has 1 fully saturated rings. The molecule has 0 saturated carbocycles. The zero-order valence-electron chi connectivity index (χ0n) is 14.3. The van der Waals surface area contributed by atoms with Crippen molar-refractivity contribution >= 4 is 18.2 Å². The number of nitriles is 1. The van der Waals surface area contributed by atoms with Crippen LogP contribution in [0.15, 0.2) is 59.7 Å². The second kappa shape index (κ2) is 7.19. The number of carbonyl (C=O) groups excluding carboxylic acids is 2. The Hall–Kier alpha value is -3.46. The van der Waals surface area contributed by atoms with E-state index in [1.165, 1.54) is 6.21 Å². The van der Waals surface area contributed by atoms with Crippen LogP contribution in [0.1, 0.15) is 30.0 Å². The molecule has 2 aromatic rings. The average Bonchev–Trinajstić information content (AvgIpc) is 2.88. The van der Waals surface area contributed by atoms with E-state index in [-0.39, 0.29) is 5.91 Å². The maximum Gasteiger partial charge on any atom is 0.346 e. The first-order valence-corrected chi connectivity index (χ1v) is 8.27. The smallest absolute Gasteiger partial charge is 0.322 e. The summed E-state index contributed by atoms with van der Waals surface area (Å²) in [5, 5.41) is 16.4. The summed E-state index contributed by atoms with van der Waals surface area (Å²) in [5.74, 6) is -0.372. The van der Waals surface area contributed by atoms with Crippen LogP contribution >= 0.6 is 0 Å². The van der Waals surface area contributed by atoms with Crippen LogP contribution < -0.4 is 5.32 Å². The zero-order valence-corrected chi connectivity index (χ0v) is 14.3. The lowest BCUT2D eigenvalue weighted by molar-refractivity contribution is -0.130. The largest absolute Gasteiger partial charge is 0.346 e. The summed E-state index contributed by atoms with van der Waals surface area (Å²) in [4.78, 5) is 24.8. The molecule has 0 radical (unpaired) electrons. The molecule has 1 saturated heterocycles. The van der Waals surface area contributed by atoms with Gasteiger partial charge in [-0.1, -0.05) is 42.5 Å². The van der Waals surface area contributed by atoms with Crippen molar-refractivity contribution < 1.29 is 9.59 Å². The fourth-order valence-corrected chi connectivity index (χ4v) is 2.75. The van der Waals surface area contributed by atoms with Crippen LogP contribution in [0.25, 0.3) is 0 Å². The van der Waals surface area contributed by atoms with Crippen LogP contribution in [0.5, 0.6) is 0 Å². The molecule has 1 heterocycles. The van der Waals surface area contributed by atoms with Crippen LogP contribution in [-0.4, -0.2) is 28.7 Å². The number of urea groups is 1. The van der Waals surface area contributed by atoms with E-state index in [2.05, 4.69) is 10.4 Å². The number of nitrogens with one attached hydrogen (secondary N) is 1. The molecule has 0 bridgehead atoms. The third kappa shape index (κ3) is 3.62. The zero-order chi connectivity index (χ0) is 18.6. The van der Waals surface area contributed by atoms with Crippen molar-refractivity contribution in [1.82, 2.24) is 10.3 Å². The topological polar surface area (TPSA) is 85.6 Å². The molecule has 3 amide bonds. The summed E-state index contributed by atoms with van der Waals surface area (Å²) in [6.07, 6.45) is 2.60. The van der Waals surface area contributed by atoms with Gasteiger partial charge >= 0.3 is 6.03 Å². The fourth-order valence-electron chi connectivity index (χ4n) is 2.75. The van der Waals surface area contributed by atoms with Crippen molar-refractivity contribution in [3.63, 3.8) is 0 Å². The van der Waals surface area contributed by atoms with E-state index in [1.54, 1.807) is 31.2 Å². The first-order chi connectivity index (χ1) is 12.5. The van der Waals surface area contributed by atoms with E-state index in [0.717, 1.165) is 10.6 Å². The minimum Gasteiger partial charge on any atom is -0.322 e. The summed E-state index contributed by atoms with van der Waals surface area (Å²) in [7, 11) is 0.